The molecule has 0 spiro atoms. The Labute approximate surface area is 134 Å². The molecule has 0 aromatic heterocycles. The summed E-state index contributed by atoms with van der Waals surface area (Å²) in [5.74, 6) is 0.131. The number of nitrogens with zero attached hydrogens (tertiary/aromatic N) is 1. The van der Waals surface area contributed by atoms with E-state index in [1.54, 1.807) is 25.3 Å². The summed E-state index contributed by atoms with van der Waals surface area (Å²) in [6.07, 6.45) is 0.356. The number of methoxy groups -OCH3 is 4. The van der Waals surface area contributed by atoms with Gasteiger partial charge in [0.25, 0.3) is 5.72 Å². The number of benzene rings is 1. The molecule has 1 aromatic carbocycles. The third-order valence-corrected chi connectivity index (χ3v) is 3.77. The van der Waals surface area contributed by atoms with Crippen molar-refractivity contribution in [2.24, 2.45) is 0 Å². The molecule has 1 amide bonds. The lowest BCUT2D eigenvalue weighted by Gasteiger charge is -2.34. The monoisotopic (exact) mass is 324 g/mol. The maximum atomic E-state index is 12.2. The van der Waals surface area contributed by atoms with Crippen LogP contribution in [0.1, 0.15) is 12.8 Å². The molecular weight excluding hydrogens is 304 g/mol. The van der Waals surface area contributed by atoms with Crippen LogP contribution in [0.3, 0.4) is 0 Å². The Hall–Kier alpha value is -2.48. The van der Waals surface area contributed by atoms with Gasteiger partial charge in [-0.05, 0) is 12.1 Å². The number of esters is 1. The molecule has 0 unspecified atom stereocenters. The molecular formula is C15H20N2O6. The van der Waals surface area contributed by atoms with Gasteiger partial charge in [-0.25, -0.2) is 9.80 Å². The van der Waals surface area contributed by atoms with Gasteiger partial charge >= 0.3 is 5.97 Å². The molecule has 1 aliphatic heterocycles. The third kappa shape index (κ3) is 2.89. The molecule has 1 atom stereocenters. The summed E-state index contributed by atoms with van der Waals surface area (Å²) < 4.78 is 20.5. The summed E-state index contributed by atoms with van der Waals surface area (Å²) in [6.45, 7) is 0. The van der Waals surface area contributed by atoms with Gasteiger partial charge in [-0.1, -0.05) is 0 Å². The topological polar surface area (TPSA) is 86.3 Å². The zero-order valence-electron chi connectivity index (χ0n) is 13.5. The van der Waals surface area contributed by atoms with Crippen molar-refractivity contribution in [1.82, 2.24) is 5.01 Å². The quantitative estimate of drug-likeness (QED) is 0.786. The van der Waals surface area contributed by atoms with Crippen molar-refractivity contribution < 1.29 is 28.5 Å². The molecule has 23 heavy (non-hydrogen) atoms. The van der Waals surface area contributed by atoms with Crippen molar-refractivity contribution in [3.8, 4) is 11.5 Å². The predicted molar refractivity (Wildman–Crippen MR) is 81.0 cm³/mol. The van der Waals surface area contributed by atoms with E-state index < -0.39 is 11.7 Å². The second-order valence-electron chi connectivity index (χ2n) is 4.89. The molecule has 1 fully saturated rings. The van der Waals surface area contributed by atoms with Crippen LogP contribution in [0, 0.1) is 0 Å². The second-order valence-corrected chi connectivity index (χ2v) is 4.89. The maximum absolute atomic E-state index is 12.2. The average Bonchev–Trinajstić information content (AvgIpc) is 2.91. The zero-order chi connectivity index (χ0) is 17.0. The predicted octanol–water partition coefficient (Wildman–Crippen LogP) is 1.17. The first-order valence-electron chi connectivity index (χ1n) is 6.97. The van der Waals surface area contributed by atoms with Gasteiger partial charge in [0.05, 0.1) is 27.0 Å². The van der Waals surface area contributed by atoms with E-state index in [1.165, 1.54) is 21.3 Å². The lowest BCUT2D eigenvalue weighted by molar-refractivity contribution is -0.187. The van der Waals surface area contributed by atoms with Crippen LogP contribution < -0.4 is 14.9 Å². The highest BCUT2D eigenvalue weighted by molar-refractivity contribution is 5.91. The largest absolute Gasteiger partial charge is 0.497 e. The van der Waals surface area contributed by atoms with Crippen molar-refractivity contribution >= 4 is 17.6 Å². The van der Waals surface area contributed by atoms with Crippen molar-refractivity contribution in [2.45, 2.75) is 18.6 Å². The molecule has 0 radical (unpaired) electrons. The Morgan fingerprint density at radius 2 is 1.96 bits per heavy atom. The Bertz CT molecular complexity index is 606. The highest BCUT2D eigenvalue weighted by Crippen LogP contribution is 2.36. The smallest absolute Gasteiger partial charge is 0.361 e. The van der Waals surface area contributed by atoms with Gasteiger partial charge in [0.2, 0.25) is 5.91 Å². The number of hydrazine groups is 1. The number of carbonyl (C=O) groups excluding carboxylic acids is 2. The van der Waals surface area contributed by atoms with Crippen molar-refractivity contribution in [3.63, 3.8) is 0 Å². The number of hydrogen-bond donors (Lipinski definition) is 1. The molecule has 0 saturated carbocycles. The molecule has 1 N–H and O–H groups in total. The summed E-state index contributed by atoms with van der Waals surface area (Å²) >= 11 is 0. The van der Waals surface area contributed by atoms with Crippen LogP contribution in [0.15, 0.2) is 18.2 Å². The molecule has 1 aliphatic rings. The number of rotatable bonds is 6. The summed E-state index contributed by atoms with van der Waals surface area (Å²) in [4.78, 5) is 24.3. The summed E-state index contributed by atoms with van der Waals surface area (Å²) in [6, 6.07) is 5.05. The first-order chi connectivity index (χ1) is 11.0. The standard InChI is InChI=1S/C15H20N2O6/c1-20-10-5-6-11(12(9-10)21-2)16-17-13(18)7-8-15(17,23-4)14(19)22-3/h5-6,9,16H,7-8H2,1-4H3/t15-/m1/s1. The Morgan fingerprint density at radius 1 is 1.22 bits per heavy atom. The summed E-state index contributed by atoms with van der Waals surface area (Å²) in [7, 11) is 5.64. The number of amides is 1. The molecule has 8 heteroatoms. The molecule has 8 nitrogen and oxygen atoms in total. The molecule has 1 aromatic rings. The van der Waals surface area contributed by atoms with Gasteiger partial charge in [0.1, 0.15) is 11.5 Å². The van der Waals surface area contributed by atoms with Crippen LogP contribution in [0.4, 0.5) is 5.69 Å². The van der Waals surface area contributed by atoms with Gasteiger partial charge < -0.3 is 18.9 Å². The van der Waals surface area contributed by atoms with Crippen LogP contribution in [0.2, 0.25) is 0 Å². The van der Waals surface area contributed by atoms with Gasteiger partial charge in [-0.15, -0.1) is 0 Å². The van der Waals surface area contributed by atoms with Gasteiger partial charge in [0, 0.05) is 26.0 Å². The second kappa shape index (κ2) is 6.74. The van der Waals surface area contributed by atoms with Crippen molar-refractivity contribution in [2.75, 3.05) is 33.9 Å². The molecule has 2 rings (SSSR count). The van der Waals surface area contributed by atoms with Crippen LogP contribution >= 0.6 is 0 Å². The van der Waals surface area contributed by atoms with Crippen molar-refractivity contribution in [3.05, 3.63) is 18.2 Å². The Morgan fingerprint density at radius 3 is 2.52 bits per heavy atom. The number of hydrogen-bond acceptors (Lipinski definition) is 7. The fraction of sp³-hybridized carbons (Fsp3) is 0.467. The van der Waals surface area contributed by atoms with E-state index in [4.69, 9.17) is 18.9 Å². The van der Waals surface area contributed by atoms with E-state index in [1.807, 2.05) is 0 Å². The molecule has 0 bridgehead atoms. The van der Waals surface area contributed by atoms with E-state index in [0.29, 0.717) is 17.2 Å². The maximum Gasteiger partial charge on any atom is 0.361 e. The van der Waals surface area contributed by atoms with E-state index in [-0.39, 0.29) is 18.7 Å². The molecule has 1 saturated heterocycles. The lowest BCUT2D eigenvalue weighted by atomic mass is 10.1. The minimum Gasteiger partial charge on any atom is -0.497 e. The first kappa shape index (κ1) is 16.9. The number of ether oxygens (including phenoxy) is 4. The highest BCUT2D eigenvalue weighted by atomic mass is 16.6. The van der Waals surface area contributed by atoms with Gasteiger partial charge in [0.15, 0.2) is 0 Å². The van der Waals surface area contributed by atoms with Gasteiger partial charge in [-0.3, -0.25) is 10.2 Å². The van der Waals surface area contributed by atoms with Crippen LogP contribution in [0.5, 0.6) is 11.5 Å². The van der Waals surface area contributed by atoms with Crippen LogP contribution in [-0.2, 0) is 19.1 Å². The first-order valence-corrected chi connectivity index (χ1v) is 6.97. The summed E-state index contributed by atoms with van der Waals surface area (Å²) in [5.41, 5.74) is 1.89. The molecule has 126 valence electrons. The highest BCUT2D eigenvalue weighted by Gasteiger charge is 2.54. The Kier molecular flexibility index (Phi) is 4.95. The van der Waals surface area contributed by atoms with Crippen molar-refractivity contribution in [1.29, 1.82) is 0 Å². The number of anilines is 1. The Balaban J connectivity index is 2.36. The number of carbonyl (C=O) groups is 2. The zero-order valence-corrected chi connectivity index (χ0v) is 13.5. The SMILES string of the molecule is COC(=O)[C@]1(OC)CCC(=O)N1Nc1ccc(OC)cc1OC. The third-order valence-electron chi connectivity index (χ3n) is 3.77. The fourth-order valence-electron chi connectivity index (χ4n) is 2.49. The van der Waals surface area contributed by atoms with E-state index in [9.17, 15) is 9.59 Å². The average molecular weight is 324 g/mol. The van der Waals surface area contributed by atoms with Crippen LogP contribution in [-0.4, -0.2) is 51.0 Å². The van der Waals surface area contributed by atoms with E-state index in [2.05, 4.69) is 5.43 Å². The van der Waals surface area contributed by atoms with E-state index >= 15 is 0 Å². The van der Waals surface area contributed by atoms with E-state index in [0.717, 1.165) is 5.01 Å². The fourth-order valence-corrected chi connectivity index (χ4v) is 2.49. The minimum absolute atomic E-state index is 0.161. The lowest BCUT2D eigenvalue weighted by Crippen LogP contribution is -2.56. The van der Waals surface area contributed by atoms with Crippen LogP contribution in [0.25, 0.3) is 0 Å². The summed E-state index contributed by atoms with van der Waals surface area (Å²) in [5, 5.41) is 1.14. The normalized spacial score (nSPS) is 20.3. The number of nitrogens with one attached hydrogen (secondary N) is 1. The molecule has 0 aliphatic carbocycles. The minimum atomic E-state index is -1.50. The molecule has 1 heterocycles. The van der Waals surface area contributed by atoms with Gasteiger partial charge in [-0.2, -0.15) is 0 Å².